The third-order valence-electron chi connectivity index (χ3n) is 2.56. The normalized spacial score (nSPS) is 10.7. The maximum Gasteiger partial charge on any atom is 0.342 e. The Bertz CT molecular complexity index is 812. The van der Waals surface area contributed by atoms with Gasteiger partial charge in [-0.15, -0.1) is 0 Å². The minimum absolute atomic E-state index is 0.0658. The van der Waals surface area contributed by atoms with E-state index >= 15 is 0 Å². The predicted molar refractivity (Wildman–Crippen MR) is 79.7 cm³/mol. The van der Waals surface area contributed by atoms with Crippen LogP contribution < -0.4 is 8.92 Å². The fourth-order valence-corrected chi connectivity index (χ4v) is 3.26. The maximum absolute atomic E-state index is 12.3. The largest absolute Gasteiger partial charge is 0.495 e. The van der Waals surface area contributed by atoms with Gasteiger partial charge in [-0.1, -0.05) is 22.0 Å². The Morgan fingerprint density at radius 2 is 1.95 bits per heavy atom. The Labute approximate surface area is 131 Å². The summed E-state index contributed by atoms with van der Waals surface area (Å²) in [4.78, 5) is -0.0956. The Hall–Kier alpha value is -2.04. The van der Waals surface area contributed by atoms with Crippen molar-refractivity contribution in [1.82, 2.24) is 0 Å². The van der Waals surface area contributed by atoms with E-state index in [2.05, 4.69) is 15.9 Å². The van der Waals surface area contributed by atoms with Crippen molar-refractivity contribution in [1.29, 1.82) is 5.26 Å². The monoisotopic (exact) mass is 367 g/mol. The molecule has 2 rings (SSSR count). The molecule has 0 aliphatic carbocycles. The molecule has 0 bridgehead atoms. The van der Waals surface area contributed by atoms with Crippen LogP contribution in [0.25, 0.3) is 0 Å². The van der Waals surface area contributed by atoms with Crippen molar-refractivity contribution in [2.75, 3.05) is 7.11 Å². The molecule has 0 aromatic heterocycles. The average molecular weight is 368 g/mol. The predicted octanol–water partition coefficient (Wildman–Crippen LogP) is 3.10. The molecule has 0 unspecified atom stereocenters. The van der Waals surface area contributed by atoms with Crippen LogP contribution in [0.1, 0.15) is 5.56 Å². The van der Waals surface area contributed by atoms with Crippen LogP contribution >= 0.6 is 15.9 Å². The molecule has 0 heterocycles. The zero-order chi connectivity index (χ0) is 15.5. The van der Waals surface area contributed by atoms with E-state index in [1.54, 1.807) is 18.2 Å². The lowest BCUT2D eigenvalue weighted by Crippen LogP contribution is -2.11. The summed E-state index contributed by atoms with van der Waals surface area (Å²) < 4.78 is 35.3. The van der Waals surface area contributed by atoms with Crippen LogP contribution in [-0.4, -0.2) is 15.5 Å². The minimum atomic E-state index is -4.07. The first-order chi connectivity index (χ1) is 9.96. The van der Waals surface area contributed by atoms with Gasteiger partial charge >= 0.3 is 10.1 Å². The van der Waals surface area contributed by atoms with E-state index < -0.39 is 10.1 Å². The summed E-state index contributed by atoms with van der Waals surface area (Å²) in [5.74, 6) is 0.241. The van der Waals surface area contributed by atoms with Gasteiger partial charge in [0.25, 0.3) is 0 Å². The van der Waals surface area contributed by atoms with E-state index in [0.29, 0.717) is 10.0 Å². The van der Waals surface area contributed by atoms with Crippen LogP contribution in [0, 0.1) is 11.3 Å². The first kappa shape index (κ1) is 15.4. The lowest BCUT2D eigenvalue weighted by atomic mass is 10.2. The van der Waals surface area contributed by atoms with Gasteiger partial charge in [0, 0.05) is 4.47 Å². The second-order valence-corrected chi connectivity index (χ2v) is 6.40. The molecule has 0 saturated heterocycles. The zero-order valence-corrected chi connectivity index (χ0v) is 13.3. The molecule has 0 N–H and O–H groups in total. The molecule has 21 heavy (non-hydrogen) atoms. The molecule has 2 aromatic rings. The summed E-state index contributed by atoms with van der Waals surface area (Å²) in [5, 5.41) is 8.81. The first-order valence-corrected chi connectivity index (χ1v) is 7.94. The van der Waals surface area contributed by atoms with Crippen molar-refractivity contribution in [3.8, 4) is 17.6 Å². The van der Waals surface area contributed by atoms with Gasteiger partial charge in [0.2, 0.25) is 0 Å². The maximum atomic E-state index is 12.3. The second kappa shape index (κ2) is 6.16. The zero-order valence-electron chi connectivity index (χ0n) is 10.9. The van der Waals surface area contributed by atoms with Gasteiger partial charge in [0.05, 0.1) is 18.7 Å². The van der Waals surface area contributed by atoms with E-state index in [9.17, 15) is 8.42 Å². The van der Waals surface area contributed by atoms with Crippen LogP contribution in [0.15, 0.2) is 51.8 Å². The molecule has 7 heteroatoms. The molecule has 5 nitrogen and oxygen atoms in total. The Morgan fingerprint density at radius 3 is 2.62 bits per heavy atom. The van der Waals surface area contributed by atoms with Gasteiger partial charge < -0.3 is 8.92 Å². The molecule has 0 radical (unpaired) electrons. The lowest BCUT2D eigenvalue weighted by Gasteiger charge is -2.11. The van der Waals surface area contributed by atoms with E-state index in [1.807, 2.05) is 6.07 Å². The third kappa shape index (κ3) is 3.54. The van der Waals surface area contributed by atoms with Crippen LogP contribution in [0.4, 0.5) is 0 Å². The summed E-state index contributed by atoms with van der Waals surface area (Å²) >= 11 is 3.21. The second-order valence-electron chi connectivity index (χ2n) is 3.97. The molecule has 0 saturated carbocycles. The molecule has 0 aliphatic heterocycles. The summed E-state index contributed by atoms with van der Waals surface area (Å²) in [6, 6.07) is 12.4. The van der Waals surface area contributed by atoms with Gasteiger partial charge in [-0.25, -0.2) is 0 Å². The fourth-order valence-electron chi connectivity index (χ4n) is 1.63. The van der Waals surface area contributed by atoms with Gasteiger partial charge in [-0.3, -0.25) is 0 Å². The quantitative estimate of drug-likeness (QED) is 0.776. The highest BCUT2D eigenvalue weighted by Crippen LogP contribution is 2.29. The van der Waals surface area contributed by atoms with E-state index in [1.165, 1.54) is 31.4 Å². The van der Waals surface area contributed by atoms with Gasteiger partial charge in [0.1, 0.15) is 16.4 Å². The smallest absolute Gasteiger partial charge is 0.342 e. The van der Waals surface area contributed by atoms with Crippen molar-refractivity contribution in [2.24, 2.45) is 0 Å². The molecule has 0 atom stereocenters. The summed E-state index contributed by atoms with van der Waals surface area (Å²) in [7, 11) is -2.69. The van der Waals surface area contributed by atoms with Crippen molar-refractivity contribution in [3.05, 3.63) is 52.5 Å². The molecule has 0 aliphatic rings. The van der Waals surface area contributed by atoms with Gasteiger partial charge in [0.15, 0.2) is 0 Å². The number of methoxy groups -OCH3 is 1. The number of rotatable bonds is 4. The number of nitrogens with zero attached hydrogens (tertiary/aromatic N) is 1. The molecule has 2 aromatic carbocycles. The van der Waals surface area contributed by atoms with Crippen molar-refractivity contribution in [2.45, 2.75) is 4.90 Å². The molecule has 0 spiro atoms. The fraction of sp³-hybridized carbons (Fsp3) is 0.0714. The van der Waals surface area contributed by atoms with Crippen LogP contribution in [0.5, 0.6) is 11.5 Å². The third-order valence-corrected chi connectivity index (χ3v) is 4.33. The van der Waals surface area contributed by atoms with E-state index in [0.717, 1.165) is 0 Å². The number of ether oxygens (including phenoxy) is 1. The topological polar surface area (TPSA) is 76.4 Å². The number of hydrogen-bond donors (Lipinski definition) is 0. The van der Waals surface area contributed by atoms with E-state index in [4.69, 9.17) is 14.2 Å². The van der Waals surface area contributed by atoms with Crippen LogP contribution in [0.3, 0.4) is 0 Å². The van der Waals surface area contributed by atoms with Crippen LogP contribution in [0.2, 0.25) is 0 Å². The number of nitriles is 1. The lowest BCUT2D eigenvalue weighted by molar-refractivity contribution is 0.398. The van der Waals surface area contributed by atoms with Crippen LogP contribution in [-0.2, 0) is 10.1 Å². The summed E-state index contributed by atoms with van der Waals surface area (Å²) in [6.45, 7) is 0. The van der Waals surface area contributed by atoms with E-state index in [-0.39, 0.29) is 16.4 Å². The van der Waals surface area contributed by atoms with Gasteiger partial charge in [-0.2, -0.15) is 13.7 Å². The highest BCUT2D eigenvalue weighted by molar-refractivity contribution is 9.10. The Balaban J connectivity index is 2.43. The Kier molecular flexibility index (Phi) is 4.50. The first-order valence-electron chi connectivity index (χ1n) is 5.74. The SMILES string of the molecule is COc1ccc(Br)cc1S(=O)(=O)Oc1cccc(C#N)c1. The van der Waals surface area contributed by atoms with Gasteiger partial charge in [-0.05, 0) is 36.4 Å². The molecule has 0 amide bonds. The summed E-state index contributed by atoms with van der Waals surface area (Å²) in [5.41, 5.74) is 0.309. The number of halogens is 1. The Morgan fingerprint density at radius 1 is 1.19 bits per heavy atom. The molecular formula is C14H10BrNO4S. The molecule has 0 fully saturated rings. The van der Waals surface area contributed by atoms with Crippen molar-refractivity contribution in [3.63, 3.8) is 0 Å². The standard InChI is InChI=1S/C14H10BrNO4S/c1-19-13-6-5-11(15)8-14(13)21(17,18)20-12-4-2-3-10(7-12)9-16/h2-8H,1H3. The molecule has 108 valence electrons. The minimum Gasteiger partial charge on any atom is -0.495 e. The highest BCUT2D eigenvalue weighted by atomic mass is 79.9. The number of benzene rings is 2. The number of hydrogen-bond acceptors (Lipinski definition) is 5. The van der Waals surface area contributed by atoms with Crippen molar-refractivity contribution >= 4 is 26.0 Å². The average Bonchev–Trinajstić information content (AvgIpc) is 2.47. The molecular weight excluding hydrogens is 358 g/mol. The van der Waals surface area contributed by atoms with Crippen molar-refractivity contribution < 1.29 is 17.3 Å². The highest BCUT2D eigenvalue weighted by Gasteiger charge is 2.22. The summed E-state index contributed by atoms with van der Waals surface area (Å²) in [6.07, 6.45) is 0.